The highest BCUT2D eigenvalue weighted by atomic mass is 32.1. The Morgan fingerprint density at radius 1 is 1.16 bits per heavy atom. The van der Waals surface area contributed by atoms with Crippen molar-refractivity contribution < 1.29 is 19.4 Å². The summed E-state index contributed by atoms with van der Waals surface area (Å²) < 4.78 is 5.68. The molecule has 0 bridgehead atoms. The van der Waals surface area contributed by atoms with Crippen LogP contribution in [-0.2, 0) is 16.1 Å². The van der Waals surface area contributed by atoms with Crippen LogP contribution in [0.5, 0.6) is 5.75 Å². The number of carbonyl (C=O) groups is 2. The first-order valence-corrected chi connectivity index (χ1v) is 11.6. The highest BCUT2D eigenvalue weighted by Crippen LogP contribution is 2.43. The SMILES string of the molecule is CN1CCOc2ccc(/C(O)=C3/C(=O)C(=O)N(Cc4cccs4)C3c3cccs3)cc21. The number of ether oxygens (including phenoxy) is 1. The molecule has 1 N–H and O–H groups in total. The van der Waals surface area contributed by atoms with E-state index in [2.05, 4.69) is 0 Å². The number of rotatable bonds is 4. The molecule has 158 valence electrons. The zero-order valence-corrected chi connectivity index (χ0v) is 18.4. The summed E-state index contributed by atoms with van der Waals surface area (Å²) in [6.45, 7) is 1.65. The van der Waals surface area contributed by atoms with E-state index in [-0.39, 0.29) is 11.3 Å². The topological polar surface area (TPSA) is 70.1 Å². The molecule has 0 saturated carbocycles. The summed E-state index contributed by atoms with van der Waals surface area (Å²) in [7, 11) is 1.96. The summed E-state index contributed by atoms with van der Waals surface area (Å²) in [5, 5.41) is 15.1. The molecule has 31 heavy (non-hydrogen) atoms. The lowest BCUT2D eigenvalue weighted by molar-refractivity contribution is -0.140. The summed E-state index contributed by atoms with van der Waals surface area (Å²) in [6, 6.07) is 12.3. The second-order valence-corrected chi connectivity index (χ2v) is 9.49. The molecule has 6 nitrogen and oxygen atoms in total. The zero-order chi connectivity index (χ0) is 21.5. The first kappa shape index (κ1) is 19.8. The van der Waals surface area contributed by atoms with Gasteiger partial charge in [-0.2, -0.15) is 0 Å². The van der Waals surface area contributed by atoms with Gasteiger partial charge in [0.1, 0.15) is 24.2 Å². The summed E-state index contributed by atoms with van der Waals surface area (Å²) in [6.07, 6.45) is 0. The van der Waals surface area contributed by atoms with Crippen molar-refractivity contribution in [2.75, 3.05) is 25.1 Å². The average molecular weight is 453 g/mol. The van der Waals surface area contributed by atoms with Crippen LogP contribution in [0.15, 0.2) is 58.8 Å². The molecule has 5 rings (SSSR count). The number of fused-ring (bicyclic) bond motifs is 1. The number of hydrogen-bond donors (Lipinski definition) is 1. The summed E-state index contributed by atoms with van der Waals surface area (Å²) in [5.41, 5.74) is 1.46. The zero-order valence-electron chi connectivity index (χ0n) is 16.8. The van der Waals surface area contributed by atoms with Gasteiger partial charge < -0.3 is 19.6 Å². The molecule has 3 aromatic rings. The van der Waals surface area contributed by atoms with Gasteiger partial charge in [0.05, 0.1) is 24.4 Å². The van der Waals surface area contributed by atoms with Gasteiger partial charge in [-0.05, 0) is 41.1 Å². The maximum atomic E-state index is 13.1. The minimum absolute atomic E-state index is 0.128. The highest BCUT2D eigenvalue weighted by Gasteiger charge is 2.46. The molecule has 1 aromatic carbocycles. The van der Waals surface area contributed by atoms with Gasteiger partial charge in [-0.25, -0.2) is 0 Å². The molecule has 1 atom stereocenters. The highest BCUT2D eigenvalue weighted by molar-refractivity contribution is 7.10. The Kier molecular flexibility index (Phi) is 5.03. The van der Waals surface area contributed by atoms with E-state index in [1.54, 1.807) is 17.0 Å². The standard InChI is InChI=1S/C23H20N2O4S2/c1-24-8-9-29-17-7-6-14(12-16(17)24)21(26)19-20(18-5-3-11-31-18)25(23(28)22(19)27)13-15-4-2-10-30-15/h2-7,10-12,20,26H,8-9,13H2,1H3/b21-19-. The van der Waals surface area contributed by atoms with Crippen molar-refractivity contribution >= 4 is 45.8 Å². The van der Waals surface area contributed by atoms with Crippen molar-refractivity contribution in [2.24, 2.45) is 0 Å². The fourth-order valence-corrected chi connectivity index (χ4v) is 5.56. The molecule has 1 unspecified atom stereocenters. The molecule has 0 radical (unpaired) electrons. The fourth-order valence-electron chi connectivity index (χ4n) is 4.01. The number of benzene rings is 1. The molecular formula is C23H20N2O4S2. The average Bonchev–Trinajstić information content (AvgIpc) is 3.52. The minimum atomic E-state index is -0.658. The molecule has 0 spiro atoms. The van der Waals surface area contributed by atoms with Crippen LogP contribution < -0.4 is 9.64 Å². The monoisotopic (exact) mass is 452 g/mol. The summed E-state index contributed by atoms with van der Waals surface area (Å²) >= 11 is 3.00. The van der Waals surface area contributed by atoms with Crippen LogP contribution in [0.25, 0.3) is 5.76 Å². The molecule has 2 aliphatic heterocycles. The van der Waals surface area contributed by atoms with Gasteiger partial charge >= 0.3 is 0 Å². The van der Waals surface area contributed by atoms with Gasteiger partial charge in [-0.3, -0.25) is 9.59 Å². The summed E-state index contributed by atoms with van der Waals surface area (Å²) in [4.78, 5) is 31.5. The Bertz CT molecular complexity index is 1170. The molecule has 8 heteroatoms. The van der Waals surface area contributed by atoms with Gasteiger partial charge in [-0.1, -0.05) is 12.1 Å². The van der Waals surface area contributed by atoms with E-state index in [9.17, 15) is 14.7 Å². The molecule has 0 aliphatic carbocycles. The molecule has 1 amide bonds. The third kappa shape index (κ3) is 3.41. The Labute approximate surface area is 187 Å². The lowest BCUT2D eigenvalue weighted by Crippen LogP contribution is -2.28. The van der Waals surface area contributed by atoms with E-state index in [0.717, 1.165) is 27.7 Å². The first-order valence-electron chi connectivity index (χ1n) is 9.87. The van der Waals surface area contributed by atoms with Crippen LogP contribution in [0.4, 0.5) is 5.69 Å². The smallest absolute Gasteiger partial charge is 0.296 e. The fraction of sp³-hybridized carbons (Fsp3) is 0.217. The molecule has 1 saturated heterocycles. The second kappa shape index (κ2) is 7.86. The van der Waals surface area contributed by atoms with Gasteiger partial charge in [0.25, 0.3) is 11.7 Å². The number of ketones is 1. The predicted molar refractivity (Wildman–Crippen MR) is 122 cm³/mol. The largest absolute Gasteiger partial charge is 0.507 e. The number of likely N-dealkylation sites (N-methyl/N-ethyl adjacent to an activating group) is 1. The first-order chi connectivity index (χ1) is 15.0. The van der Waals surface area contributed by atoms with E-state index < -0.39 is 17.7 Å². The van der Waals surface area contributed by atoms with Crippen LogP contribution in [0.3, 0.4) is 0 Å². The number of nitrogens with zero attached hydrogens (tertiary/aromatic N) is 2. The second-order valence-electron chi connectivity index (χ2n) is 7.47. The normalized spacial score (nSPS) is 20.1. The molecule has 2 aromatic heterocycles. The molecule has 4 heterocycles. The van der Waals surface area contributed by atoms with Crippen LogP contribution in [0.2, 0.25) is 0 Å². The third-order valence-corrected chi connectivity index (χ3v) is 7.37. The quantitative estimate of drug-likeness (QED) is 0.364. The lowest BCUT2D eigenvalue weighted by atomic mass is 9.99. The van der Waals surface area contributed by atoms with Crippen molar-refractivity contribution in [2.45, 2.75) is 12.6 Å². The number of aliphatic hydroxyl groups is 1. The van der Waals surface area contributed by atoms with Gasteiger partial charge in [0.15, 0.2) is 0 Å². The number of Topliss-reactive ketones (excluding diaryl/α,β-unsaturated/α-hetero) is 1. The lowest BCUT2D eigenvalue weighted by Gasteiger charge is -2.28. The molecule has 1 fully saturated rings. The van der Waals surface area contributed by atoms with Crippen molar-refractivity contribution in [3.63, 3.8) is 0 Å². The number of anilines is 1. The van der Waals surface area contributed by atoms with Crippen LogP contribution in [0.1, 0.15) is 21.4 Å². The Hall–Kier alpha value is -3.10. The minimum Gasteiger partial charge on any atom is -0.507 e. The van der Waals surface area contributed by atoms with E-state index in [1.807, 2.05) is 53.0 Å². The number of aliphatic hydroxyl groups excluding tert-OH is 1. The maximum Gasteiger partial charge on any atom is 0.296 e. The Balaban J connectivity index is 1.62. The number of thiophene rings is 2. The third-order valence-electron chi connectivity index (χ3n) is 5.59. The van der Waals surface area contributed by atoms with Gasteiger partial charge in [-0.15, -0.1) is 22.7 Å². The van der Waals surface area contributed by atoms with Crippen molar-refractivity contribution in [3.05, 3.63) is 74.1 Å². The van der Waals surface area contributed by atoms with E-state index in [0.29, 0.717) is 18.7 Å². The van der Waals surface area contributed by atoms with Crippen molar-refractivity contribution in [1.29, 1.82) is 0 Å². The van der Waals surface area contributed by atoms with E-state index in [1.165, 1.54) is 22.7 Å². The predicted octanol–water partition coefficient (Wildman–Crippen LogP) is 4.26. The Morgan fingerprint density at radius 3 is 2.71 bits per heavy atom. The molecular weight excluding hydrogens is 432 g/mol. The summed E-state index contributed by atoms with van der Waals surface area (Å²) in [5.74, 6) is -0.674. The van der Waals surface area contributed by atoms with E-state index in [4.69, 9.17) is 4.74 Å². The maximum absolute atomic E-state index is 13.1. The van der Waals surface area contributed by atoms with Crippen molar-refractivity contribution in [1.82, 2.24) is 4.90 Å². The number of amides is 1. The van der Waals surface area contributed by atoms with Gasteiger partial charge in [0, 0.05) is 22.4 Å². The number of carbonyl (C=O) groups excluding carboxylic acids is 2. The van der Waals surface area contributed by atoms with Crippen molar-refractivity contribution in [3.8, 4) is 5.75 Å². The van der Waals surface area contributed by atoms with Crippen LogP contribution >= 0.6 is 22.7 Å². The van der Waals surface area contributed by atoms with Crippen LogP contribution in [-0.4, -0.2) is 41.9 Å². The van der Waals surface area contributed by atoms with E-state index >= 15 is 0 Å². The Morgan fingerprint density at radius 2 is 1.97 bits per heavy atom. The van der Waals surface area contributed by atoms with Gasteiger partial charge in [0.2, 0.25) is 0 Å². The number of hydrogen-bond acceptors (Lipinski definition) is 7. The molecule has 2 aliphatic rings. The number of likely N-dealkylation sites (tertiary alicyclic amines) is 1. The van der Waals surface area contributed by atoms with Crippen LogP contribution in [0, 0.1) is 0 Å².